The first-order chi connectivity index (χ1) is 6.52. The maximum absolute atomic E-state index is 10.8. The van der Waals surface area contributed by atoms with Crippen molar-refractivity contribution in [2.24, 2.45) is 0 Å². The summed E-state index contributed by atoms with van der Waals surface area (Å²) in [4.78, 5) is 13.1. The molecule has 0 bridgehead atoms. The standard InChI is InChI=1S/C10H20N2O2/c1-10(2,9(13)14)11-5-8-12-6-3-4-7-12/h11H,3-8H2,1-2H3,(H,13,14). The van der Waals surface area contributed by atoms with Gasteiger partial charge in [0.05, 0.1) is 0 Å². The molecule has 0 spiro atoms. The van der Waals surface area contributed by atoms with Crippen molar-refractivity contribution in [1.29, 1.82) is 0 Å². The monoisotopic (exact) mass is 200 g/mol. The van der Waals surface area contributed by atoms with E-state index in [0.29, 0.717) is 0 Å². The minimum atomic E-state index is -0.806. The first-order valence-electron chi connectivity index (χ1n) is 5.23. The molecule has 2 N–H and O–H groups in total. The number of carbonyl (C=O) groups is 1. The van der Waals surface area contributed by atoms with Crippen molar-refractivity contribution < 1.29 is 9.90 Å². The van der Waals surface area contributed by atoms with E-state index in [2.05, 4.69) is 10.2 Å². The summed E-state index contributed by atoms with van der Waals surface area (Å²) in [7, 11) is 0. The molecular formula is C10H20N2O2. The lowest BCUT2D eigenvalue weighted by Gasteiger charge is -2.23. The predicted octanol–water partition coefficient (Wildman–Crippen LogP) is 0.535. The fourth-order valence-electron chi connectivity index (χ4n) is 1.61. The molecule has 1 heterocycles. The van der Waals surface area contributed by atoms with Gasteiger partial charge in [0.1, 0.15) is 5.54 Å². The van der Waals surface area contributed by atoms with E-state index in [1.54, 1.807) is 13.8 Å². The highest BCUT2D eigenvalue weighted by Gasteiger charge is 2.26. The van der Waals surface area contributed by atoms with E-state index in [1.165, 1.54) is 12.8 Å². The number of aliphatic carboxylic acids is 1. The summed E-state index contributed by atoms with van der Waals surface area (Å²) < 4.78 is 0. The Bertz CT molecular complexity index is 198. The molecule has 0 aromatic rings. The molecule has 4 heteroatoms. The van der Waals surface area contributed by atoms with Crippen LogP contribution < -0.4 is 5.32 Å². The number of carboxylic acids is 1. The lowest BCUT2D eigenvalue weighted by molar-refractivity contribution is -0.143. The quantitative estimate of drug-likeness (QED) is 0.680. The van der Waals surface area contributed by atoms with Crippen LogP contribution in [0.15, 0.2) is 0 Å². The molecule has 0 aromatic heterocycles. The molecule has 0 amide bonds. The van der Waals surface area contributed by atoms with Gasteiger partial charge in [0.2, 0.25) is 0 Å². The Morgan fingerprint density at radius 2 is 2.00 bits per heavy atom. The van der Waals surface area contributed by atoms with Crippen molar-refractivity contribution in [3.05, 3.63) is 0 Å². The van der Waals surface area contributed by atoms with Gasteiger partial charge in [0.15, 0.2) is 0 Å². The van der Waals surface area contributed by atoms with E-state index in [1.807, 2.05) is 0 Å². The average Bonchev–Trinajstić information content (AvgIpc) is 2.56. The third-order valence-electron chi connectivity index (χ3n) is 2.73. The Morgan fingerprint density at radius 1 is 1.43 bits per heavy atom. The van der Waals surface area contributed by atoms with Crippen LogP contribution in [0.4, 0.5) is 0 Å². The minimum Gasteiger partial charge on any atom is -0.480 e. The third-order valence-corrected chi connectivity index (χ3v) is 2.73. The maximum Gasteiger partial charge on any atom is 0.323 e. The molecular weight excluding hydrogens is 180 g/mol. The van der Waals surface area contributed by atoms with E-state index in [4.69, 9.17) is 5.11 Å². The molecule has 0 atom stereocenters. The molecule has 1 aliphatic rings. The number of hydrogen-bond acceptors (Lipinski definition) is 3. The third kappa shape index (κ3) is 3.27. The van der Waals surface area contributed by atoms with Gasteiger partial charge < -0.3 is 15.3 Å². The van der Waals surface area contributed by atoms with E-state index < -0.39 is 11.5 Å². The van der Waals surface area contributed by atoms with Crippen LogP contribution >= 0.6 is 0 Å². The number of nitrogens with zero attached hydrogens (tertiary/aromatic N) is 1. The van der Waals surface area contributed by atoms with Gasteiger partial charge in [-0.2, -0.15) is 0 Å². The van der Waals surface area contributed by atoms with E-state index in [-0.39, 0.29) is 0 Å². The molecule has 4 nitrogen and oxygen atoms in total. The smallest absolute Gasteiger partial charge is 0.323 e. The molecule has 0 saturated carbocycles. The molecule has 1 fully saturated rings. The topological polar surface area (TPSA) is 52.6 Å². The molecule has 0 unspecified atom stereocenters. The SMILES string of the molecule is CC(C)(NCCN1CCCC1)C(=O)O. The van der Waals surface area contributed by atoms with E-state index >= 15 is 0 Å². The summed E-state index contributed by atoms with van der Waals surface area (Å²) in [6.07, 6.45) is 2.56. The zero-order valence-corrected chi connectivity index (χ0v) is 9.05. The molecule has 0 aromatic carbocycles. The van der Waals surface area contributed by atoms with Crippen molar-refractivity contribution in [1.82, 2.24) is 10.2 Å². The van der Waals surface area contributed by atoms with Crippen molar-refractivity contribution in [2.45, 2.75) is 32.2 Å². The normalized spacial score (nSPS) is 18.7. The predicted molar refractivity (Wildman–Crippen MR) is 55.4 cm³/mol. The van der Waals surface area contributed by atoms with Gasteiger partial charge in [-0.1, -0.05) is 0 Å². The second-order valence-electron chi connectivity index (χ2n) is 4.41. The zero-order valence-electron chi connectivity index (χ0n) is 9.05. The Morgan fingerprint density at radius 3 is 2.50 bits per heavy atom. The minimum absolute atomic E-state index is 0.749. The molecule has 14 heavy (non-hydrogen) atoms. The van der Waals surface area contributed by atoms with Crippen LogP contribution in [0.25, 0.3) is 0 Å². The van der Waals surface area contributed by atoms with Gasteiger partial charge in [-0.15, -0.1) is 0 Å². The first kappa shape index (κ1) is 11.5. The van der Waals surface area contributed by atoms with Gasteiger partial charge in [-0.05, 0) is 39.8 Å². The number of hydrogen-bond donors (Lipinski definition) is 2. The lowest BCUT2D eigenvalue weighted by atomic mass is 10.1. The molecule has 0 aliphatic carbocycles. The van der Waals surface area contributed by atoms with Crippen LogP contribution in [0.1, 0.15) is 26.7 Å². The molecule has 1 saturated heterocycles. The fourth-order valence-corrected chi connectivity index (χ4v) is 1.61. The molecule has 1 rings (SSSR count). The van der Waals surface area contributed by atoms with Crippen molar-refractivity contribution in [2.75, 3.05) is 26.2 Å². The Hall–Kier alpha value is -0.610. The van der Waals surface area contributed by atoms with Gasteiger partial charge in [-0.25, -0.2) is 0 Å². The second kappa shape index (κ2) is 4.75. The highest BCUT2D eigenvalue weighted by molar-refractivity contribution is 5.77. The Labute approximate surface area is 85.3 Å². The first-order valence-corrected chi connectivity index (χ1v) is 5.23. The molecule has 1 aliphatic heterocycles. The summed E-state index contributed by atoms with van der Waals surface area (Å²) in [5.41, 5.74) is -0.806. The highest BCUT2D eigenvalue weighted by Crippen LogP contribution is 2.06. The number of rotatable bonds is 5. The van der Waals surface area contributed by atoms with Crippen molar-refractivity contribution >= 4 is 5.97 Å². The van der Waals surface area contributed by atoms with E-state index in [9.17, 15) is 4.79 Å². The Kier molecular flexibility index (Phi) is 3.89. The van der Waals surface area contributed by atoms with Crippen molar-refractivity contribution in [3.63, 3.8) is 0 Å². The number of likely N-dealkylation sites (tertiary alicyclic amines) is 1. The van der Waals surface area contributed by atoms with Gasteiger partial charge in [-0.3, -0.25) is 4.79 Å². The zero-order chi connectivity index (χ0) is 10.6. The summed E-state index contributed by atoms with van der Waals surface area (Å²) in [5, 5.41) is 11.9. The Balaban J connectivity index is 2.16. The van der Waals surface area contributed by atoms with Crippen LogP contribution in [0, 0.1) is 0 Å². The maximum atomic E-state index is 10.8. The van der Waals surface area contributed by atoms with Crippen LogP contribution in [0.5, 0.6) is 0 Å². The molecule has 82 valence electrons. The second-order valence-corrected chi connectivity index (χ2v) is 4.41. The average molecular weight is 200 g/mol. The van der Waals surface area contributed by atoms with Gasteiger partial charge in [0, 0.05) is 13.1 Å². The largest absolute Gasteiger partial charge is 0.480 e. The van der Waals surface area contributed by atoms with Gasteiger partial charge >= 0.3 is 5.97 Å². The number of nitrogens with one attached hydrogen (secondary N) is 1. The van der Waals surface area contributed by atoms with Crippen LogP contribution in [-0.2, 0) is 4.79 Å². The number of carboxylic acid groups (broad SMARTS) is 1. The summed E-state index contributed by atoms with van der Waals surface area (Å²) in [6, 6.07) is 0. The van der Waals surface area contributed by atoms with Crippen LogP contribution in [0.2, 0.25) is 0 Å². The van der Waals surface area contributed by atoms with Crippen LogP contribution in [-0.4, -0.2) is 47.7 Å². The fraction of sp³-hybridized carbons (Fsp3) is 0.900. The lowest BCUT2D eigenvalue weighted by Crippen LogP contribution is -2.49. The summed E-state index contributed by atoms with van der Waals surface area (Å²) >= 11 is 0. The summed E-state index contributed by atoms with van der Waals surface area (Å²) in [6.45, 7) is 7.42. The van der Waals surface area contributed by atoms with Crippen molar-refractivity contribution in [3.8, 4) is 0 Å². The summed E-state index contributed by atoms with van der Waals surface area (Å²) in [5.74, 6) is -0.793. The van der Waals surface area contributed by atoms with Crippen LogP contribution in [0.3, 0.4) is 0 Å². The van der Waals surface area contributed by atoms with Gasteiger partial charge in [0.25, 0.3) is 0 Å². The van der Waals surface area contributed by atoms with E-state index in [0.717, 1.165) is 26.2 Å². The highest BCUT2D eigenvalue weighted by atomic mass is 16.4. The molecule has 0 radical (unpaired) electrons.